The van der Waals surface area contributed by atoms with Gasteiger partial charge in [-0.2, -0.15) is 8.78 Å². The van der Waals surface area contributed by atoms with Crippen LogP contribution < -0.4 is 14.8 Å². The highest BCUT2D eigenvalue weighted by Crippen LogP contribution is 2.23. The third kappa shape index (κ3) is 5.81. The summed E-state index contributed by atoms with van der Waals surface area (Å²) in [7, 11) is 0. The number of nitrogens with one attached hydrogen (secondary N) is 1. The molecule has 24 heavy (non-hydrogen) atoms. The monoisotopic (exact) mass is 399 g/mol. The van der Waals surface area contributed by atoms with Crippen LogP contribution in [0.2, 0.25) is 0 Å². The lowest BCUT2D eigenvalue weighted by atomic mass is 10.1. The van der Waals surface area contributed by atoms with Crippen LogP contribution in [0, 0.1) is 0 Å². The van der Waals surface area contributed by atoms with E-state index in [-0.39, 0.29) is 18.3 Å². The van der Waals surface area contributed by atoms with Crippen LogP contribution in [0.25, 0.3) is 0 Å². The molecule has 0 saturated heterocycles. The highest BCUT2D eigenvalue weighted by atomic mass is 79.9. The van der Waals surface area contributed by atoms with Crippen molar-refractivity contribution in [1.29, 1.82) is 0 Å². The van der Waals surface area contributed by atoms with E-state index >= 15 is 0 Å². The summed E-state index contributed by atoms with van der Waals surface area (Å²) in [4.78, 5) is 11.8. The molecule has 0 spiro atoms. The van der Waals surface area contributed by atoms with Crippen molar-refractivity contribution in [2.45, 2.75) is 13.0 Å². The Kier molecular flexibility index (Phi) is 6.99. The van der Waals surface area contributed by atoms with Gasteiger partial charge < -0.3 is 14.8 Å². The van der Waals surface area contributed by atoms with Gasteiger partial charge in [-0.05, 0) is 46.1 Å². The van der Waals surface area contributed by atoms with Gasteiger partial charge in [-0.15, -0.1) is 0 Å². The van der Waals surface area contributed by atoms with Crippen molar-refractivity contribution in [2.75, 3.05) is 13.2 Å². The van der Waals surface area contributed by atoms with E-state index in [0.29, 0.717) is 24.3 Å². The highest BCUT2D eigenvalue weighted by Gasteiger charge is 2.10. The summed E-state index contributed by atoms with van der Waals surface area (Å²) in [6.45, 7) is -2.71. The summed E-state index contributed by atoms with van der Waals surface area (Å²) in [5.41, 5.74) is 0.602. The maximum atomic E-state index is 12.3. The Balaban J connectivity index is 1.78. The van der Waals surface area contributed by atoms with E-state index in [4.69, 9.17) is 4.74 Å². The van der Waals surface area contributed by atoms with Gasteiger partial charge in [-0.3, -0.25) is 4.79 Å². The van der Waals surface area contributed by atoms with Crippen LogP contribution in [0.1, 0.15) is 5.56 Å². The van der Waals surface area contributed by atoms with Gasteiger partial charge in [0.1, 0.15) is 11.5 Å². The molecule has 2 aromatic rings. The summed E-state index contributed by atoms with van der Waals surface area (Å²) in [6, 6.07) is 13.7. The lowest BCUT2D eigenvalue weighted by Crippen LogP contribution is -2.30. The minimum absolute atomic E-state index is 0.117. The topological polar surface area (TPSA) is 47.6 Å². The Morgan fingerprint density at radius 3 is 2.46 bits per heavy atom. The summed E-state index contributed by atoms with van der Waals surface area (Å²) in [5, 5.41) is 2.68. The Bertz CT molecular complexity index is 682. The van der Waals surface area contributed by atoms with Crippen LogP contribution >= 0.6 is 15.9 Å². The van der Waals surface area contributed by atoms with Crippen LogP contribution in [-0.2, 0) is 11.2 Å². The maximum absolute atomic E-state index is 12.3. The second-order valence-corrected chi connectivity index (χ2v) is 5.66. The predicted octanol–water partition coefficient (Wildman–Crippen LogP) is 3.79. The number of benzene rings is 2. The van der Waals surface area contributed by atoms with Crippen molar-refractivity contribution >= 4 is 21.8 Å². The van der Waals surface area contributed by atoms with E-state index in [1.54, 1.807) is 30.3 Å². The van der Waals surface area contributed by atoms with Gasteiger partial charge in [0.15, 0.2) is 6.61 Å². The fourth-order valence-electron chi connectivity index (χ4n) is 2.01. The second kappa shape index (κ2) is 9.22. The van der Waals surface area contributed by atoms with Crippen molar-refractivity contribution in [3.8, 4) is 11.5 Å². The molecule has 1 amide bonds. The Labute approximate surface area is 146 Å². The van der Waals surface area contributed by atoms with Gasteiger partial charge in [0.25, 0.3) is 5.91 Å². The molecule has 0 aromatic heterocycles. The number of halogens is 3. The number of hydrogen-bond donors (Lipinski definition) is 1. The number of amides is 1. The third-order valence-corrected chi connectivity index (χ3v) is 3.76. The summed E-state index contributed by atoms with van der Waals surface area (Å²) in [5.74, 6) is 0.396. The molecular weight excluding hydrogens is 384 g/mol. The van der Waals surface area contributed by atoms with Gasteiger partial charge in [0, 0.05) is 6.54 Å². The van der Waals surface area contributed by atoms with Crippen LogP contribution in [0.15, 0.2) is 53.0 Å². The average Bonchev–Trinajstić information content (AvgIpc) is 2.55. The van der Waals surface area contributed by atoms with E-state index in [0.717, 1.165) is 4.47 Å². The fourth-order valence-corrected chi connectivity index (χ4v) is 2.41. The van der Waals surface area contributed by atoms with Crippen molar-refractivity contribution < 1.29 is 23.0 Å². The first kappa shape index (κ1) is 18.2. The minimum atomic E-state index is -2.88. The number of ether oxygens (including phenoxy) is 2. The number of rotatable bonds is 8. The van der Waals surface area contributed by atoms with Crippen molar-refractivity contribution in [1.82, 2.24) is 5.32 Å². The quantitative estimate of drug-likeness (QED) is 0.734. The van der Waals surface area contributed by atoms with Gasteiger partial charge in [0.05, 0.1) is 4.47 Å². The van der Waals surface area contributed by atoms with Crippen LogP contribution in [0.3, 0.4) is 0 Å². The molecule has 0 heterocycles. The molecule has 0 aliphatic rings. The Morgan fingerprint density at radius 2 is 1.75 bits per heavy atom. The molecule has 0 fully saturated rings. The number of alkyl halides is 2. The first-order valence-corrected chi connectivity index (χ1v) is 8.02. The molecule has 7 heteroatoms. The number of carbonyl (C=O) groups is 1. The van der Waals surface area contributed by atoms with Crippen LogP contribution in [0.4, 0.5) is 8.78 Å². The van der Waals surface area contributed by atoms with E-state index in [1.165, 1.54) is 6.07 Å². The lowest BCUT2D eigenvalue weighted by Gasteiger charge is -2.11. The molecule has 128 valence electrons. The van der Waals surface area contributed by atoms with Crippen molar-refractivity contribution in [3.05, 3.63) is 58.6 Å². The van der Waals surface area contributed by atoms with E-state index < -0.39 is 6.61 Å². The van der Waals surface area contributed by atoms with Gasteiger partial charge in [0.2, 0.25) is 0 Å². The SMILES string of the molecule is O=C(COc1ccccc1Br)NCCc1ccccc1OC(F)F. The van der Waals surface area contributed by atoms with Crippen LogP contribution in [0.5, 0.6) is 11.5 Å². The molecule has 4 nitrogen and oxygen atoms in total. The van der Waals surface area contributed by atoms with Crippen LogP contribution in [-0.4, -0.2) is 25.7 Å². The smallest absolute Gasteiger partial charge is 0.387 e. The number of hydrogen-bond acceptors (Lipinski definition) is 3. The Morgan fingerprint density at radius 1 is 1.08 bits per heavy atom. The summed E-state index contributed by atoms with van der Waals surface area (Å²) < 4.78 is 35.3. The molecule has 0 atom stereocenters. The molecule has 0 aliphatic carbocycles. The largest absolute Gasteiger partial charge is 0.483 e. The standard InChI is InChI=1S/C17H16BrF2NO3/c18-13-6-2-4-8-15(13)23-11-16(22)21-10-9-12-5-1-3-7-14(12)24-17(19)20/h1-8,17H,9-11H2,(H,21,22). The third-order valence-electron chi connectivity index (χ3n) is 3.10. The lowest BCUT2D eigenvalue weighted by molar-refractivity contribution is -0.123. The zero-order chi connectivity index (χ0) is 17.4. The molecule has 0 saturated carbocycles. The van der Waals surface area contributed by atoms with Gasteiger partial charge in [-0.25, -0.2) is 0 Å². The molecule has 0 bridgehead atoms. The summed E-state index contributed by atoms with van der Waals surface area (Å²) in [6.07, 6.45) is 0.379. The molecule has 0 unspecified atom stereocenters. The normalized spacial score (nSPS) is 10.5. The second-order valence-electron chi connectivity index (χ2n) is 4.81. The Hall–Kier alpha value is -2.15. The number of carbonyl (C=O) groups excluding carboxylic acids is 1. The van der Waals surface area contributed by atoms with Crippen molar-refractivity contribution in [2.24, 2.45) is 0 Å². The molecule has 1 N–H and O–H groups in total. The average molecular weight is 400 g/mol. The zero-order valence-corrected chi connectivity index (χ0v) is 14.3. The molecule has 2 rings (SSSR count). The fraction of sp³-hybridized carbons (Fsp3) is 0.235. The number of para-hydroxylation sites is 2. The van der Waals surface area contributed by atoms with Crippen molar-refractivity contribution in [3.63, 3.8) is 0 Å². The molecule has 0 radical (unpaired) electrons. The van der Waals surface area contributed by atoms with E-state index in [1.807, 2.05) is 12.1 Å². The maximum Gasteiger partial charge on any atom is 0.387 e. The minimum Gasteiger partial charge on any atom is -0.483 e. The molecule has 0 aliphatic heterocycles. The summed E-state index contributed by atoms with van der Waals surface area (Å²) >= 11 is 3.33. The van der Waals surface area contributed by atoms with E-state index in [2.05, 4.69) is 26.0 Å². The predicted molar refractivity (Wildman–Crippen MR) is 89.4 cm³/mol. The van der Waals surface area contributed by atoms with Gasteiger partial charge in [-0.1, -0.05) is 30.3 Å². The zero-order valence-electron chi connectivity index (χ0n) is 12.7. The molecular formula is C17H16BrF2NO3. The highest BCUT2D eigenvalue weighted by molar-refractivity contribution is 9.10. The van der Waals surface area contributed by atoms with E-state index in [9.17, 15) is 13.6 Å². The first-order chi connectivity index (χ1) is 11.6. The molecule has 2 aromatic carbocycles. The van der Waals surface area contributed by atoms with Gasteiger partial charge >= 0.3 is 6.61 Å². The first-order valence-electron chi connectivity index (χ1n) is 7.23.